The van der Waals surface area contributed by atoms with Gasteiger partial charge in [-0.05, 0) is 31.0 Å². The van der Waals surface area contributed by atoms with Crippen molar-refractivity contribution in [2.24, 2.45) is 5.73 Å². The van der Waals surface area contributed by atoms with E-state index in [0.717, 1.165) is 0 Å². The Kier molecular flexibility index (Phi) is 2.74. The van der Waals surface area contributed by atoms with Crippen LogP contribution in [0.2, 0.25) is 0 Å². The fourth-order valence-corrected chi connectivity index (χ4v) is 2.07. The Morgan fingerprint density at radius 3 is 2.82 bits per heavy atom. The van der Waals surface area contributed by atoms with Gasteiger partial charge in [-0.15, -0.1) is 0 Å². The Labute approximate surface area is 99.1 Å². The molecule has 2 rings (SSSR count). The largest absolute Gasteiger partial charge is 0.506 e. The molecule has 1 aromatic carbocycles. The predicted octanol–water partition coefficient (Wildman–Crippen LogP) is 0.636. The van der Waals surface area contributed by atoms with E-state index in [1.54, 1.807) is 6.92 Å². The average Bonchev–Trinajstić information content (AvgIpc) is 2.62. The number of amides is 1. The van der Waals surface area contributed by atoms with Gasteiger partial charge in [0.2, 0.25) is 5.91 Å². The maximum Gasteiger partial charge on any atom is 0.244 e. The molecule has 0 radical (unpaired) electrons. The van der Waals surface area contributed by atoms with Crippen LogP contribution < -0.4 is 10.6 Å². The number of nitrogens with two attached hydrogens (primary N) is 1. The molecule has 1 amide bonds. The zero-order chi connectivity index (χ0) is 12.6. The molecule has 1 atom stereocenters. The van der Waals surface area contributed by atoms with Gasteiger partial charge >= 0.3 is 0 Å². The van der Waals surface area contributed by atoms with Gasteiger partial charge in [0.05, 0.1) is 23.4 Å². The highest BCUT2D eigenvalue weighted by molar-refractivity contribution is 6.01. The first kappa shape index (κ1) is 11.4. The third kappa shape index (κ3) is 1.73. The number of benzene rings is 1. The van der Waals surface area contributed by atoms with E-state index < -0.39 is 6.04 Å². The highest BCUT2D eigenvalue weighted by Crippen LogP contribution is 2.35. The normalized spacial score (nSPS) is 19.5. The molecule has 1 aliphatic heterocycles. The molecule has 1 heterocycles. The summed E-state index contributed by atoms with van der Waals surface area (Å²) in [5.74, 6) is -0.206. The molecule has 0 bridgehead atoms. The SMILES string of the molecule is Cc1c(C#N)ccc(O)c1N1CCC(N)C1=O. The second kappa shape index (κ2) is 4.07. The third-order valence-electron chi connectivity index (χ3n) is 3.05. The van der Waals surface area contributed by atoms with Crippen LogP contribution in [0.5, 0.6) is 5.75 Å². The van der Waals surface area contributed by atoms with E-state index in [9.17, 15) is 9.90 Å². The minimum absolute atomic E-state index is 0.00366. The number of aromatic hydroxyl groups is 1. The molecule has 1 fully saturated rings. The Morgan fingerprint density at radius 1 is 1.59 bits per heavy atom. The predicted molar refractivity (Wildman–Crippen MR) is 62.5 cm³/mol. The van der Waals surface area contributed by atoms with Crippen LogP contribution in [-0.4, -0.2) is 23.6 Å². The van der Waals surface area contributed by atoms with Gasteiger partial charge in [-0.1, -0.05) is 0 Å². The maximum absolute atomic E-state index is 11.8. The minimum Gasteiger partial charge on any atom is -0.506 e. The molecule has 17 heavy (non-hydrogen) atoms. The summed E-state index contributed by atoms with van der Waals surface area (Å²) in [5.41, 5.74) is 7.10. The summed E-state index contributed by atoms with van der Waals surface area (Å²) in [4.78, 5) is 13.3. The van der Waals surface area contributed by atoms with Crippen molar-refractivity contribution in [1.82, 2.24) is 0 Å². The zero-order valence-electron chi connectivity index (χ0n) is 9.47. The first-order valence-corrected chi connectivity index (χ1v) is 5.36. The lowest BCUT2D eigenvalue weighted by atomic mass is 10.1. The van der Waals surface area contributed by atoms with Crippen LogP contribution in [0, 0.1) is 18.3 Å². The van der Waals surface area contributed by atoms with Crippen molar-refractivity contribution in [3.63, 3.8) is 0 Å². The van der Waals surface area contributed by atoms with Crippen LogP contribution in [0.4, 0.5) is 5.69 Å². The number of hydrogen-bond donors (Lipinski definition) is 2. The summed E-state index contributed by atoms with van der Waals surface area (Å²) in [6, 6.07) is 4.48. The van der Waals surface area contributed by atoms with Gasteiger partial charge in [-0.2, -0.15) is 5.26 Å². The second-order valence-electron chi connectivity index (χ2n) is 4.10. The molecule has 1 aromatic rings. The van der Waals surface area contributed by atoms with Crippen molar-refractivity contribution in [2.45, 2.75) is 19.4 Å². The number of anilines is 1. The molecule has 3 N–H and O–H groups in total. The minimum atomic E-state index is -0.514. The molecule has 5 nitrogen and oxygen atoms in total. The molecule has 1 aliphatic rings. The summed E-state index contributed by atoms with van der Waals surface area (Å²) in [6.07, 6.45) is 0.564. The van der Waals surface area contributed by atoms with E-state index in [1.807, 2.05) is 6.07 Å². The van der Waals surface area contributed by atoms with Crippen molar-refractivity contribution in [2.75, 3.05) is 11.4 Å². The number of carbonyl (C=O) groups is 1. The molecule has 1 saturated heterocycles. The second-order valence-corrected chi connectivity index (χ2v) is 4.10. The summed E-state index contributed by atoms with van der Waals surface area (Å²) < 4.78 is 0. The Hall–Kier alpha value is -2.06. The monoisotopic (exact) mass is 231 g/mol. The number of hydrogen-bond acceptors (Lipinski definition) is 4. The lowest BCUT2D eigenvalue weighted by molar-refractivity contribution is -0.118. The van der Waals surface area contributed by atoms with Crippen LogP contribution in [0.25, 0.3) is 0 Å². The molecule has 1 unspecified atom stereocenters. The number of nitriles is 1. The first-order valence-electron chi connectivity index (χ1n) is 5.36. The molecular weight excluding hydrogens is 218 g/mol. The first-order chi connectivity index (χ1) is 8.06. The molecular formula is C12H13N3O2. The fourth-order valence-electron chi connectivity index (χ4n) is 2.07. The topological polar surface area (TPSA) is 90.3 Å². The number of phenolic OH excluding ortho intramolecular Hbond substituents is 1. The fraction of sp³-hybridized carbons (Fsp3) is 0.333. The average molecular weight is 231 g/mol. The standard InChI is InChI=1S/C12H13N3O2/c1-7-8(6-13)2-3-10(16)11(7)15-5-4-9(14)12(15)17/h2-3,9,16H,4-5,14H2,1H3. The number of carbonyl (C=O) groups excluding carboxylic acids is 1. The van der Waals surface area contributed by atoms with E-state index in [1.165, 1.54) is 17.0 Å². The number of nitrogens with zero attached hydrogens (tertiary/aromatic N) is 2. The van der Waals surface area contributed by atoms with Crippen LogP contribution in [0.15, 0.2) is 12.1 Å². The maximum atomic E-state index is 11.8. The van der Waals surface area contributed by atoms with Gasteiger partial charge in [0.1, 0.15) is 5.75 Å². The highest BCUT2D eigenvalue weighted by atomic mass is 16.3. The van der Waals surface area contributed by atoms with Gasteiger partial charge in [0.15, 0.2) is 0 Å². The van der Waals surface area contributed by atoms with Crippen molar-refractivity contribution in [3.05, 3.63) is 23.3 Å². The van der Waals surface area contributed by atoms with Crippen molar-refractivity contribution in [1.29, 1.82) is 5.26 Å². The van der Waals surface area contributed by atoms with Crippen molar-refractivity contribution in [3.8, 4) is 11.8 Å². The van der Waals surface area contributed by atoms with Crippen LogP contribution in [0.1, 0.15) is 17.5 Å². The lowest BCUT2D eigenvalue weighted by Crippen LogP contribution is -2.34. The molecule has 0 saturated carbocycles. The third-order valence-corrected chi connectivity index (χ3v) is 3.05. The lowest BCUT2D eigenvalue weighted by Gasteiger charge is -2.20. The zero-order valence-corrected chi connectivity index (χ0v) is 9.47. The molecule has 88 valence electrons. The van der Waals surface area contributed by atoms with Crippen molar-refractivity contribution < 1.29 is 9.90 Å². The van der Waals surface area contributed by atoms with E-state index in [0.29, 0.717) is 29.8 Å². The number of phenols is 1. The van der Waals surface area contributed by atoms with Crippen LogP contribution in [-0.2, 0) is 4.79 Å². The smallest absolute Gasteiger partial charge is 0.244 e. The van der Waals surface area contributed by atoms with E-state index in [2.05, 4.69) is 0 Å². The van der Waals surface area contributed by atoms with E-state index in [4.69, 9.17) is 11.0 Å². The van der Waals surface area contributed by atoms with Gasteiger partial charge in [0, 0.05) is 6.54 Å². The summed E-state index contributed by atoms with van der Waals surface area (Å²) in [5, 5.41) is 18.8. The Bertz CT molecular complexity index is 519. The summed E-state index contributed by atoms with van der Waals surface area (Å²) in [7, 11) is 0. The van der Waals surface area contributed by atoms with Gasteiger partial charge in [-0.25, -0.2) is 0 Å². The molecule has 0 aromatic heterocycles. The molecule has 0 aliphatic carbocycles. The summed E-state index contributed by atoms with van der Waals surface area (Å²) in [6.45, 7) is 2.19. The van der Waals surface area contributed by atoms with Crippen LogP contribution in [0.3, 0.4) is 0 Å². The van der Waals surface area contributed by atoms with Gasteiger partial charge in [0.25, 0.3) is 0 Å². The van der Waals surface area contributed by atoms with E-state index in [-0.39, 0.29) is 11.7 Å². The Morgan fingerprint density at radius 2 is 2.29 bits per heavy atom. The Balaban J connectivity index is 2.53. The van der Waals surface area contributed by atoms with Gasteiger partial charge < -0.3 is 15.7 Å². The molecule has 0 spiro atoms. The van der Waals surface area contributed by atoms with Gasteiger partial charge in [-0.3, -0.25) is 4.79 Å². The summed E-state index contributed by atoms with van der Waals surface area (Å²) >= 11 is 0. The van der Waals surface area contributed by atoms with Crippen LogP contribution >= 0.6 is 0 Å². The quantitative estimate of drug-likeness (QED) is 0.742. The highest BCUT2D eigenvalue weighted by Gasteiger charge is 2.32. The van der Waals surface area contributed by atoms with Crippen molar-refractivity contribution >= 4 is 11.6 Å². The number of rotatable bonds is 1. The van der Waals surface area contributed by atoms with E-state index >= 15 is 0 Å². The molecule has 5 heteroatoms.